The van der Waals surface area contributed by atoms with E-state index in [1.165, 1.54) is 24.3 Å². The number of carbonyl (C=O) groups excluding carboxylic acids is 1. The molecule has 1 aromatic rings. The summed E-state index contributed by atoms with van der Waals surface area (Å²) < 4.78 is 28.6. The van der Waals surface area contributed by atoms with Gasteiger partial charge in [0.2, 0.25) is 5.78 Å². The zero-order valence-corrected chi connectivity index (χ0v) is 7.74. The van der Waals surface area contributed by atoms with Crippen LogP contribution in [-0.4, -0.2) is 37.2 Å². The number of Topliss-reactive ketones (excluding diaryl/α,β-unsaturated/α-hetero) is 1. The molecule has 0 saturated heterocycles. The predicted molar refractivity (Wildman–Crippen MR) is 46.5 cm³/mol. The molecule has 1 aromatic heterocycles. The van der Waals surface area contributed by atoms with Crippen LogP contribution in [0.5, 0.6) is 0 Å². The molecule has 0 aliphatic carbocycles. The number of hydrogen-bond donors (Lipinski definition) is 0. The zero-order chi connectivity index (χ0) is 10.6. The van der Waals surface area contributed by atoms with Gasteiger partial charge in [0.25, 0.3) is 6.43 Å². The third-order valence-electron chi connectivity index (χ3n) is 1.66. The van der Waals surface area contributed by atoms with E-state index in [0.29, 0.717) is 0 Å². The van der Waals surface area contributed by atoms with Crippen LogP contribution in [0.3, 0.4) is 0 Å². The van der Waals surface area contributed by atoms with E-state index in [1.807, 2.05) is 0 Å². The fourth-order valence-corrected chi connectivity index (χ4v) is 1.06. The van der Waals surface area contributed by atoms with Crippen LogP contribution in [0.15, 0.2) is 22.8 Å². The molecule has 0 aromatic carbocycles. The van der Waals surface area contributed by atoms with Crippen molar-refractivity contribution in [2.75, 3.05) is 20.1 Å². The van der Waals surface area contributed by atoms with Crippen LogP contribution in [0, 0.1) is 0 Å². The van der Waals surface area contributed by atoms with Gasteiger partial charge in [0, 0.05) is 0 Å². The molecule has 0 radical (unpaired) electrons. The van der Waals surface area contributed by atoms with Crippen LogP contribution in [0.2, 0.25) is 0 Å². The van der Waals surface area contributed by atoms with Gasteiger partial charge < -0.3 is 4.42 Å². The van der Waals surface area contributed by atoms with E-state index in [-0.39, 0.29) is 18.1 Å². The number of alkyl halides is 2. The van der Waals surface area contributed by atoms with Crippen molar-refractivity contribution in [3.8, 4) is 0 Å². The van der Waals surface area contributed by atoms with Crippen LogP contribution in [0.1, 0.15) is 10.6 Å². The smallest absolute Gasteiger partial charge is 0.251 e. The zero-order valence-electron chi connectivity index (χ0n) is 7.74. The molecular weight excluding hydrogens is 192 g/mol. The summed E-state index contributed by atoms with van der Waals surface area (Å²) in [5.74, 6) is -0.0933. The maximum absolute atomic E-state index is 11.9. The first kappa shape index (κ1) is 10.8. The summed E-state index contributed by atoms with van der Waals surface area (Å²) >= 11 is 0. The lowest BCUT2D eigenvalue weighted by Gasteiger charge is -2.13. The molecule has 0 N–H and O–H groups in total. The fourth-order valence-electron chi connectivity index (χ4n) is 1.06. The number of nitrogens with zero attached hydrogens (tertiary/aromatic N) is 1. The molecule has 5 heteroatoms. The first-order chi connectivity index (χ1) is 6.59. The summed E-state index contributed by atoms with van der Waals surface area (Å²) in [5.41, 5.74) is 0. The highest BCUT2D eigenvalue weighted by molar-refractivity contribution is 5.94. The molecule has 1 heterocycles. The Hall–Kier alpha value is -1.23. The molecule has 0 spiro atoms. The molecule has 0 atom stereocenters. The van der Waals surface area contributed by atoms with E-state index in [9.17, 15) is 13.6 Å². The lowest BCUT2D eigenvalue weighted by atomic mass is 10.3. The van der Waals surface area contributed by atoms with Gasteiger partial charge in [-0.1, -0.05) is 0 Å². The molecule has 0 fully saturated rings. The molecule has 14 heavy (non-hydrogen) atoms. The Balaban J connectivity index is 2.41. The van der Waals surface area contributed by atoms with Gasteiger partial charge in [-0.2, -0.15) is 0 Å². The first-order valence-corrected chi connectivity index (χ1v) is 4.13. The van der Waals surface area contributed by atoms with Crippen molar-refractivity contribution in [1.82, 2.24) is 4.90 Å². The van der Waals surface area contributed by atoms with E-state index < -0.39 is 13.0 Å². The Bertz CT molecular complexity index is 285. The predicted octanol–water partition coefficient (Wildman–Crippen LogP) is 1.66. The Morgan fingerprint density at radius 2 is 2.36 bits per heavy atom. The summed E-state index contributed by atoms with van der Waals surface area (Å²) in [5, 5.41) is 0. The molecular formula is C9H11F2NO2. The quantitative estimate of drug-likeness (QED) is 0.682. The summed E-state index contributed by atoms with van der Waals surface area (Å²) in [4.78, 5) is 12.6. The normalized spacial score (nSPS) is 11.2. The van der Waals surface area contributed by atoms with Crippen molar-refractivity contribution >= 4 is 5.78 Å². The molecule has 3 nitrogen and oxygen atoms in total. The van der Waals surface area contributed by atoms with Crippen molar-refractivity contribution in [1.29, 1.82) is 0 Å². The Morgan fingerprint density at radius 3 is 2.86 bits per heavy atom. The minimum absolute atomic E-state index is 0.0577. The van der Waals surface area contributed by atoms with Gasteiger partial charge in [-0.25, -0.2) is 8.78 Å². The molecule has 0 saturated carbocycles. The van der Waals surface area contributed by atoms with E-state index in [1.54, 1.807) is 6.07 Å². The average Bonchev–Trinajstić information content (AvgIpc) is 2.53. The minimum Gasteiger partial charge on any atom is -0.461 e. The number of rotatable bonds is 5. The number of hydrogen-bond acceptors (Lipinski definition) is 3. The lowest BCUT2D eigenvalue weighted by Crippen LogP contribution is -2.30. The van der Waals surface area contributed by atoms with E-state index >= 15 is 0 Å². The number of carbonyl (C=O) groups is 1. The van der Waals surface area contributed by atoms with Crippen LogP contribution in [0.25, 0.3) is 0 Å². The largest absolute Gasteiger partial charge is 0.461 e. The number of halogens is 2. The van der Waals surface area contributed by atoms with Crippen molar-refractivity contribution in [2.45, 2.75) is 6.43 Å². The minimum atomic E-state index is -2.43. The maximum atomic E-state index is 11.9. The molecule has 0 unspecified atom stereocenters. The van der Waals surface area contributed by atoms with Crippen LogP contribution >= 0.6 is 0 Å². The van der Waals surface area contributed by atoms with Gasteiger partial charge in [0.1, 0.15) is 0 Å². The fraction of sp³-hybridized carbons (Fsp3) is 0.444. The van der Waals surface area contributed by atoms with Gasteiger partial charge in [-0.3, -0.25) is 9.69 Å². The van der Waals surface area contributed by atoms with E-state index in [0.717, 1.165) is 0 Å². The lowest BCUT2D eigenvalue weighted by molar-refractivity contribution is 0.0799. The van der Waals surface area contributed by atoms with Gasteiger partial charge in [0.15, 0.2) is 5.76 Å². The second-order valence-corrected chi connectivity index (χ2v) is 2.99. The summed E-state index contributed by atoms with van der Waals surface area (Å²) in [6.45, 7) is -0.468. The molecule has 0 aliphatic rings. The SMILES string of the molecule is CN(CC(=O)c1ccco1)CC(F)F. The van der Waals surface area contributed by atoms with Crippen molar-refractivity contribution in [2.24, 2.45) is 0 Å². The Labute approximate surface area is 80.3 Å². The molecule has 1 rings (SSSR count). The summed E-state index contributed by atoms with van der Waals surface area (Å²) in [6.07, 6.45) is -1.05. The van der Waals surface area contributed by atoms with Crippen LogP contribution in [-0.2, 0) is 0 Å². The third kappa shape index (κ3) is 3.26. The standard InChI is InChI=1S/C9H11F2NO2/c1-12(6-9(10)11)5-7(13)8-3-2-4-14-8/h2-4,9H,5-6H2,1H3. The van der Waals surface area contributed by atoms with Gasteiger partial charge in [0.05, 0.1) is 19.4 Å². The van der Waals surface area contributed by atoms with Crippen molar-refractivity contribution < 1.29 is 18.0 Å². The van der Waals surface area contributed by atoms with Crippen molar-refractivity contribution in [3.05, 3.63) is 24.2 Å². The van der Waals surface area contributed by atoms with Crippen LogP contribution in [0.4, 0.5) is 8.78 Å². The highest BCUT2D eigenvalue weighted by atomic mass is 19.3. The topological polar surface area (TPSA) is 33.5 Å². The average molecular weight is 203 g/mol. The van der Waals surface area contributed by atoms with Gasteiger partial charge in [-0.15, -0.1) is 0 Å². The molecule has 0 amide bonds. The van der Waals surface area contributed by atoms with E-state index in [2.05, 4.69) is 0 Å². The molecule has 0 aliphatic heterocycles. The van der Waals surface area contributed by atoms with Crippen LogP contribution < -0.4 is 0 Å². The monoisotopic (exact) mass is 203 g/mol. The second-order valence-electron chi connectivity index (χ2n) is 2.99. The highest BCUT2D eigenvalue weighted by Gasteiger charge is 2.14. The number of ketones is 1. The summed E-state index contributed by atoms with van der Waals surface area (Å²) in [7, 11) is 1.47. The third-order valence-corrected chi connectivity index (χ3v) is 1.66. The first-order valence-electron chi connectivity index (χ1n) is 4.13. The maximum Gasteiger partial charge on any atom is 0.251 e. The summed E-state index contributed by atoms with van der Waals surface area (Å²) in [6, 6.07) is 3.10. The van der Waals surface area contributed by atoms with Gasteiger partial charge in [-0.05, 0) is 19.2 Å². The Kier molecular flexibility index (Phi) is 3.76. The number of likely N-dealkylation sites (N-methyl/N-ethyl adjacent to an activating group) is 1. The van der Waals surface area contributed by atoms with Gasteiger partial charge >= 0.3 is 0 Å². The number of furan rings is 1. The molecule has 0 bridgehead atoms. The second kappa shape index (κ2) is 4.85. The van der Waals surface area contributed by atoms with E-state index in [4.69, 9.17) is 4.42 Å². The Morgan fingerprint density at radius 1 is 1.64 bits per heavy atom. The molecule has 78 valence electrons. The van der Waals surface area contributed by atoms with Crippen molar-refractivity contribution in [3.63, 3.8) is 0 Å². The highest BCUT2D eigenvalue weighted by Crippen LogP contribution is 2.03.